The Morgan fingerprint density at radius 2 is 1.90 bits per heavy atom. The highest BCUT2D eigenvalue weighted by molar-refractivity contribution is 5.79. The highest BCUT2D eigenvalue weighted by atomic mass is 16.5. The molecule has 164 valence electrons. The summed E-state index contributed by atoms with van der Waals surface area (Å²) in [6.45, 7) is 5.58. The fourth-order valence-electron chi connectivity index (χ4n) is 3.76. The monoisotopic (exact) mass is 412 g/mol. The van der Waals surface area contributed by atoms with Crippen LogP contribution in [-0.4, -0.2) is 47.5 Å². The van der Waals surface area contributed by atoms with E-state index in [2.05, 4.69) is 49.4 Å². The topological polar surface area (TPSA) is 76.4 Å². The van der Waals surface area contributed by atoms with Crippen LogP contribution >= 0.6 is 0 Å². The maximum Gasteiger partial charge on any atom is 0.190 e. The van der Waals surface area contributed by atoms with E-state index < -0.39 is 0 Å². The molecule has 0 radical (unpaired) electrons. The number of nitrogens with one attached hydrogen (secondary N) is 2. The zero-order valence-corrected chi connectivity index (χ0v) is 18.4. The first-order valence-electron chi connectivity index (χ1n) is 11.3. The molecule has 0 bridgehead atoms. The van der Waals surface area contributed by atoms with E-state index in [1.807, 2.05) is 25.2 Å². The second-order valence-electron chi connectivity index (χ2n) is 7.80. The quantitative estimate of drug-likeness (QED) is 0.356. The summed E-state index contributed by atoms with van der Waals surface area (Å²) < 4.78 is 8.25. The van der Waals surface area contributed by atoms with E-state index in [0.717, 1.165) is 69.5 Å². The molecule has 1 atom stereocenters. The lowest BCUT2D eigenvalue weighted by Crippen LogP contribution is -2.38. The molecule has 1 unspecified atom stereocenters. The first-order valence-corrected chi connectivity index (χ1v) is 11.3. The standard InChI is InChI=1S/C23H36N6O/c1-19(20-11-5-3-6-12-20)30-18-10-16-26-23(24-2)25-15-9-14-22-28-27-21-13-7-4-8-17-29(21)22/h3,5-6,11-12,19H,4,7-10,13-18H2,1-2H3,(H2,24,25,26). The molecule has 7 heteroatoms. The van der Waals surface area contributed by atoms with Crippen LogP contribution in [0.1, 0.15) is 62.3 Å². The van der Waals surface area contributed by atoms with E-state index in [1.165, 1.54) is 24.8 Å². The smallest absolute Gasteiger partial charge is 0.190 e. The zero-order chi connectivity index (χ0) is 21.0. The van der Waals surface area contributed by atoms with Crippen LogP contribution in [0.4, 0.5) is 0 Å². The van der Waals surface area contributed by atoms with Gasteiger partial charge < -0.3 is 19.9 Å². The van der Waals surface area contributed by atoms with Crippen molar-refractivity contribution < 1.29 is 4.74 Å². The molecule has 0 spiro atoms. The second kappa shape index (κ2) is 12.3. The molecule has 1 aliphatic rings. The van der Waals surface area contributed by atoms with Gasteiger partial charge in [-0.15, -0.1) is 10.2 Å². The molecular formula is C23H36N6O. The third-order valence-corrected chi connectivity index (χ3v) is 5.53. The summed E-state index contributed by atoms with van der Waals surface area (Å²) in [5, 5.41) is 15.5. The predicted octanol–water partition coefficient (Wildman–Crippen LogP) is 3.27. The fraction of sp³-hybridized carbons (Fsp3) is 0.609. The lowest BCUT2D eigenvalue weighted by Gasteiger charge is -2.15. The number of benzene rings is 1. The van der Waals surface area contributed by atoms with Crippen LogP contribution in [0.15, 0.2) is 35.3 Å². The molecule has 0 amide bonds. The van der Waals surface area contributed by atoms with Crippen LogP contribution in [-0.2, 0) is 24.1 Å². The lowest BCUT2D eigenvalue weighted by molar-refractivity contribution is 0.0646. The molecule has 0 aliphatic carbocycles. The normalized spacial score (nSPS) is 15.3. The average molecular weight is 413 g/mol. The Kier molecular flexibility index (Phi) is 9.15. The van der Waals surface area contributed by atoms with Crippen LogP contribution in [0.2, 0.25) is 0 Å². The molecule has 0 fully saturated rings. The Balaban J connectivity index is 1.28. The maximum atomic E-state index is 5.92. The minimum Gasteiger partial charge on any atom is -0.374 e. The van der Waals surface area contributed by atoms with Crippen molar-refractivity contribution in [2.45, 2.75) is 64.5 Å². The molecule has 7 nitrogen and oxygen atoms in total. The maximum absolute atomic E-state index is 5.92. The van der Waals surface area contributed by atoms with E-state index in [9.17, 15) is 0 Å². The Hall–Kier alpha value is -2.41. The number of aliphatic imine (C=N–C) groups is 1. The first kappa shape index (κ1) is 22.3. The van der Waals surface area contributed by atoms with Gasteiger partial charge in [0, 0.05) is 46.1 Å². The number of ether oxygens (including phenoxy) is 1. The van der Waals surface area contributed by atoms with Crippen LogP contribution in [0.25, 0.3) is 0 Å². The number of aromatic nitrogens is 3. The zero-order valence-electron chi connectivity index (χ0n) is 18.4. The summed E-state index contributed by atoms with van der Waals surface area (Å²) in [5.41, 5.74) is 1.22. The summed E-state index contributed by atoms with van der Waals surface area (Å²) >= 11 is 0. The summed E-state index contributed by atoms with van der Waals surface area (Å²) in [5.74, 6) is 3.13. The summed E-state index contributed by atoms with van der Waals surface area (Å²) in [7, 11) is 1.81. The van der Waals surface area contributed by atoms with Gasteiger partial charge in [-0.1, -0.05) is 36.8 Å². The Morgan fingerprint density at radius 1 is 1.10 bits per heavy atom. The van der Waals surface area contributed by atoms with Crippen molar-refractivity contribution in [1.82, 2.24) is 25.4 Å². The molecule has 2 aromatic rings. The Morgan fingerprint density at radius 3 is 2.70 bits per heavy atom. The van der Waals surface area contributed by atoms with E-state index in [1.54, 1.807) is 0 Å². The van der Waals surface area contributed by atoms with Gasteiger partial charge in [0.05, 0.1) is 6.10 Å². The van der Waals surface area contributed by atoms with E-state index >= 15 is 0 Å². The molecule has 1 aliphatic heterocycles. The van der Waals surface area contributed by atoms with Gasteiger partial charge in [-0.2, -0.15) is 0 Å². The van der Waals surface area contributed by atoms with Gasteiger partial charge in [0.2, 0.25) is 0 Å². The van der Waals surface area contributed by atoms with Crippen LogP contribution < -0.4 is 10.6 Å². The molecular weight excluding hydrogens is 376 g/mol. The van der Waals surface area contributed by atoms with Crippen LogP contribution in [0.5, 0.6) is 0 Å². The third-order valence-electron chi connectivity index (χ3n) is 5.53. The van der Waals surface area contributed by atoms with Crippen molar-refractivity contribution in [2.24, 2.45) is 4.99 Å². The largest absolute Gasteiger partial charge is 0.374 e. The van der Waals surface area contributed by atoms with Crippen molar-refractivity contribution in [1.29, 1.82) is 0 Å². The van der Waals surface area contributed by atoms with Gasteiger partial charge in [-0.05, 0) is 38.2 Å². The second-order valence-corrected chi connectivity index (χ2v) is 7.80. The highest BCUT2D eigenvalue weighted by Crippen LogP contribution is 2.16. The summed E-state index contributed by atoms with van der Waals surface area (Å²) in [4.78, 5) is 4.31. The summed E-state index contributed by atoms with van der Waals surface area (Å²) in [6, 6.07) is 10.3. The molecule has 1 aromatic heterocycles. The van der Waals surface area contributed by atoms with Gasteiger partial charge in [-0.25, -0.2) is 0 Å². The molecule has 0 saturated heterocycles. The molecule has 2 N–H and O–H groups in total. The number of hydrogen-bond acceptors (Lipinski definition) is 4. The SMILES string of the molecule is CN=C(NCCCOC(C)c1ccccc1)NCCCc1nnc2n1CCCCC2. The highest BCUT2D eigenvalue weighted by Gasteiger charge is 2.14. The minimum atomic E-state index is 0.121. The van der Waals surface area contributed by atoms with Crippen LogP contribution in [0, 0.1) is 0 Å². The number of rotatable bonds is 10. The average Bonchev–Trinajstić information content (AvgIpc) is 3.01. The van der Waals surface area contributed by atoms with E-state index in [-0.39, 0.29) is 6.10 Å². The third kappa shape index (κ3) is 6.83. The number of aryl methyl sites for hydroxylation is 2. The summed E-state index contributed by atoms with van der Waals surface area (Å²) in [6.07, 6.45) is 7.84. The Bertz CT molecular complexity index is 773. The van der Waals surface area contributed by atoms with Crippen molar-refractivity contribution >= 4 is 5.96 Å². The number of guanidine groups is 1. The fourth-order valence-corrected chi connectivity index (χ4v) is 3.76. The molecule has 2 heterocycles. The van der Waals surface area contributed by atoms with Crippen LogP contribution in [0.3, 0.4) is 0 Å². The van der Waals surface area contributed by atoms with Crippen molar-refractivity contribution in [3.8, 4) is 0 Å². The van der Waals surface area contributed by atoms with Crippen molar-refractivity contribution in [2.75, 3.05) is 26.7 Å². The molecule has 1 aromatic carbocycles. The minimum absolute atomic E-state index is 0.121. The molecule has 3 rings (SSSR count). The van der Waals surface area contributed by atoms with Crippen molar-refractivity contribution in [3.05, 3.63) is 47.5 Å². The van der Waals surface area contributed by atoms with Gasteiger partial charge in [0.1, 0.15) is 11.6 Å². The first-order chi connectivity index (χ1) is 14.8. The number of hydrogen-bond donors (Lipinski definition) is 2. The van der Waals surface area contributed by atoms with Gasteiger partial charge in [0.25, 0.3) is 0 Å². The molecule has 0 saturated carbocycles. The van der Waals surface area contributed by atoms with E-state index in [0.29, 0.717) is 0 Å². The van der Waals surface area contributed by atoms with Crippen molar-refractivity contribution in [3.63, 3.8) is 0 Å². The molecule has 30 heavy (non-hydrogen) atoms. The lowest BCUT2D eigenvalue weighted by atomic mass is 10.1. The Labute approximate surface area is 180 Å². The van der Waals surface area contributed by atoms with Gasteiger partial charge >= 0.3 is 0 Å². The van der Waals surface area contributed by atoms with E-state index in [4.69, 9.17) is 4.74 Å². The van der Waals surface area contributed by atoms with Gasteiger partial charge in [0.15, 0.2) is 5.96 Å². The number of nitrogens with zero attached hydrogens (tertiary/aromatic N) is 4. The number of fused-ring (bicyclic) bond motifs is 1. The van der Waals surface area contributed by atoms with Gasteiger partial charge in [-0.3, -0.25) is 4.99 Å². The predicted molar refractivity (Wildman–Crippen MR) is 121 cm³/mol.